The molecular formula is C30H41N7O3. The zero-order valence-electron chi connectivity index (χ0n) is 23.9. The maximum Gasteiger partial charge on any atom is 0.251 e. The second-order valence-corrected chi connectivity index (χ2v) is 11.9. The lowest BCUT2D eigenvalue weighted by molar-refractivity contribution is -0.123. The summed E-state index contributed by atoms with van der Waals surface area (Å²) in [7, 11) is 3.44. The molecule has 0 unspecified atom stereocenters. The SMILES string of the molecule is CCN1CC[C@@H](NC(=O)c2ccc(Nc3ncc4c(n3)N(C3CCCCC3)CC3(CC3)C(=O)N4C)c(OC)c2)C1. The molecule has 214 valence electrons. The molecule has 2 saturated carbocycles. The van der Waals surface area contributed by atoms with Gasteiger partial charge in [-0.15, -0.1) is 0 Å². The number of likely N-dealkylation sites (N-methyl/N-ethyl adjacent to an activating group) is 1. The van der Waals surface area contributed by atoms with Gasteiger partial charge in [0.25, 0.3) is 5.91 Å². The van der Waals surface area contributed by atoms with Gasteiger partial charge in [0.2, 0.25) is 11.9 Å². The van der Waals surface area contributed by atoms with Crippen molar-refractivity contribution in [3.05, 3.63) is 30.0 Å². The van der Waals surface area contributed by atoms with Crippen molar-refractivity contribution in [3.63, 3.8) is 0 Å². The lowest BCUT2D eigenvalue weighted by atomic mass is 9.93. The Kier molecular flexibility index (Phi) is 7.29. The van der Waals surface area contributed by atoms with Gasteiger partial charge in [-0.05, 0) is 56.8 Å². The Bertz CT molecular complexity index is 1270. The van der Waals surface area contributed by atoms with E-state index in [2.05, 4.69) is 32.3 Å². The molecule has 1 aromatic heterocycles. The van der Waals surface area contributed by atoms with Crippen LogP contribution in [0.2, 0.25) is 0 Å². The van der Waals surface area contributed by atoms with E-state index < -0.39 is 0 Å². The number of anilines is 4. The molecule has 1 atom stereocenters. The number of amides is 2. The maximum absolute atomic E-state index is 13.4. The number of nitrogens with one attached hydrogen (secondary N) is 2. The third-order valence-corrected chi connectivity index (χ3v) is 9.25. The molecule has 3 fully saturated rings. The summed E-state index contributed by atoms with van der Waals surface area (Å²) in [6.07, 6.45) is 10.5. The molecule has 2 aliphatic heterocycles. The average Bonchev–Trinajstić information content (AvgIpc) is 3.65. The number of hydrogen-bond donors (Lipinski definition) is 2. The van der Waals surface area contributed by atoms with Crippen LogP contribution in [0.1, 0.15) is 68.6 Å². The summed E-state index contributed by atoms with van der Waals surface area (Å²) in [4.78, 5) is 42.4. The molecule has 2 aliphatic carbocycles. The first kappa shape index (κ1) is 26.8. The fourth-order valence-electron chi connectivity index (χ4n) is 6.59. The van der Waals surface area contributed by atoms with Gasteiger partial charge in [0, 0.05) is 44.3 Å². The molecule has 10 heteroatoms. The molecule has 10 nitrogen and oxygen atoms in total. The smallest absolute Gasteiger partial charge is 0.251 e. The van der Waals surface area contributed by atoms with Crippen LogP contribution >= 0.6 is 0 Å². The van der Waals surface area contributed by atoms with E-state index in [1.54, 1.807) is 30.3 Å². The largest absolute Gasteiger partial charge is 0.495 e. The third kappa shape index (κ3) is 5.09. The molecule has 2 amide bonds. The van der Waals surface area contributed by atoms with Gasteiger partial charge in [0.05, 0.1) is 24.4 Å². The number of carbonyl (C=O) groups is 2. The number of methoxy groups -OCH3 is 1. The van der Waals surface area contributed by atoms with Crippen molar-refractivity contribution >= 4 is 35.0 Å². The summed E-state index contributed by atoms with van der Waals surface area (Å²) in [5.41, 5.74) is 1.70. The Hall–Kier alpha value is -3.40. The Balaban J connectivity index is 1.24. The highest BCUT2D eigenvalue weighted by Crippen LogP contribution is 2.52. The van der Waals surface area contributed by atoms with Crippen LogP contribution in [-0.4, -0.2) is 79.1 Å². The number of carbonyl (C=O) groups excluding carboxylic acids is 2. The lowest BCUT2D eigenvalue weighted by Crippen LogP contribution is -2.43. The second-order valence-electron chi connectivity index (χ2n) is 11.9. The van der Waals surface area contributed by atoms with E-state index in [0.29, 0.717) is 35.5 Å². The summed E-state index contributed by atoms with van der Waals surface area (Å²) in [6.45, 7) is 5.75. The van der Waals surface area contributed by atoms with Crippen LogP contribution in [0.3, 0.4) is 0 Å². The van der Waals surface area contributed by atoms with Gasteiger partial charge in [-0.2, -0.15) is 4.98 Å². The van der Waals surface area contributed by atoms with Gasteiger partial charge in [-0.1, -0.05) is 26.2 Å². The molecule has 1 spiro atoms. The van der Waals surface area contributed by atoms with E-state index in [1.807, 2.05) is 13.1 Å². The minimum absolute atomic E-state index is 0.0982. The van der Waals surface area contributed by atoms with Crippen LogP contribution in [0.5, 0.6) is 5.75 Å². The van der Waals surface area contributed by atoms with E-state index in [1.165, 1.54) is 19.3 Å². The summed E-state index contributed by atoms with van der Waals surface area (Å²) in [5, 5.41) is 6.47. The van der Waals surface area contributed by atoms with Gasteiger partial charge in [-0.3, -0.25) is 9.59 Å². The van der Waals surface area contributed by atoms with Crippen LogP contribution in [0.4, 0.5) is 23.1 Å². The third-order valence-electron chi connectivity index (χ3n) is 9.25. The molecular weight excluding hydrogens is 506 g/mol. The first-order valence-corrected chi connectivity index (χ1v) is 14.8. The number of fused-ring (bicyclic) bond motifs is 1. The number of ether oxygens (including phenoxy) is 1. The zero-order chi connectivity index (χ0) is 27.9. The van der Waals surface area contributed by atoms with Crippen molar-refractivity contribution in [1.29, 1.82) is 0 Å². The van der Waals surface area contributed by atoms with Crippen molar-refractivity contribution in [3.8, 4) is 5.75 Å². The average molecular weight is 548 g/mol. The second kappa shape index (κ2) is 10.9. The van der Waals surface area contributed by atoms with Crippen LogP contribution in [0.15, 0.2) is 24.4 Å². The molecule has 0 radical (unpaired) electrons. The van der Waals surface area contributed by atoms with Crippen molar-refractivity contribution in [2.45, 2.75) is 70.4 Å². The molecule has 2 N–H and O–H groups in total. The van der Waals surface area contributed by atoms with E-state index in [0.717, 1.165) is 63.2 Å². The van der Waals surface area contributed by atoms with Gasteiger partial charge >= 0.3 is 0 Å². The monoisotopic (exact) mass is 547 g/mol. The summed E-state index contributed by atoms with van der Waals surface area (Å²) in [6, 6.07) is 5.93. The molecule has 6 rings (SSSR count). The minimum atomic E-state index is -0.298. The first-order valence-electron chi connectivity index (χ1n) is 14.8. The van der Waals surface area contributed by atoms with Gasteiger partial charge < -0.3 is 30.1 Å². The molecule has 1 aromatic carbocycles. The molecule has 1 saturated heterocycles. The number of rotatable bonds is 7. The molecule has 40 heavy (non-hydrogen) atoms. The fourth-order valence-corrected chi connectivity index (χ4v) is 6.59. The Morgan fingerprint density at radius 1 is 1.18 bits per heavy atom. The molecule has 3 heterocycles. The van der Waals surface area contributed by atoms with Crippen LogP contribution in [0, 0.1) is 5.41 Å². The highest BCUT2D eigenvalue weighted by molar-refractivity contribution is 6.03. The number of aromatic nitrogens is 2. The minimum Gasteiger partial charge on any atom is -0.495 e. The van der Waals surface area contributed by atoms with Crippen molar-refractivity contribution in [1.82, 2.24) is 20.2 Å². The Morgan fingerprint density at radius 2 is 1.98 bits per heavy atom. The van der Waals surface area contributed by atoms with E-state index in [9.17, 15) is 9.59 Å². The maximum atomic E-state index is 13.4. The van der Waals surface area contributed by atoms with E-state index in [-0.39, 0.29) is 23.3 Å². The fraction of sp³-hybridized carbons (Fsp3) is 0.600. The quantitative estimate of drug-likeness (QED) is 0.537. The summed E-state index contributed by atoms with van der Waals surface area (Å²) in [5.74, 6) is 1.87. The number of likely N-dealkylation sites (tertiary alicyclic amines) is 1. The standard InChI is InChI=1S/C30H41N7O3/c1-4-36-15-12-21(18-36)32-27(38)20-10-11-23(25(16-20)40-3)33-29-31-17-24-26(34-29)37(22-8-6-5-7-9-22)19-30(13-14-30)28(39)35(24)2/h10-11,16-17,21-22H,4-9,12-15,18-19H2,1-3H3,(H,32,38)(H,31,33,34)/t21-/m1/s1. The zero-order valence-corrected chi connectivity index (χ0v) is 23.9. The number of hydrogen-bond acceptors (Lipinski definition) is 8. The molecule has 0 bridgehead atoms. The van der Waals surface area contributed by atoms with E-state index in [4.69, 9.17) is 9.72 Å². The number of nitrogens with zero attached hydrogens (tertiary/aromatic N) is 5. The van der Waals surface area contributed by atoms with Crippen LogP contribution in [0.25, 0.3) is 0 Å². The van der Waals surface area contributed by atoms with Gasteiger partial charge in [0.15, 0.2) is 5.82 Å². The first-order chi connectivity index (χ1) is 19.4. The highest BCUT2D eigenvalue weighted by Gasteiger charge is 2.55. The van der Waals surface area contributed by atoms with Gasteiger partial charge in [0.1, 0.15) is 11.4 Å². The van der Waals surface area contributed by atoms with Crippen molar-refractivity contribution in [2.75, 3.05) is 55.5 Å². The van der Waals surface area contributed by atoms with Crippen LogP contribution < -0.4 is 25.2 Å². The summed E-state index contributed by atoms with van der Waals surface area (Å²) < 4.78 is 5.66. The molecule has 4 aliphatic rings. The highest BCUT2D eigenvalue weighted by atomic mass is 16.5. The lowest BCUT2D eigenvalue weighted by Gasteiger charge is -2.36. The Labute approximate surface area is 236 Å². The predicted octanol–water partition coefficient (Wildman–Crippen LogP) is 3.95. The van der Waals surface area contributed by atoms with E-state index >= 15 is 0 Å². The summed E-state index contributed by atoms with van der Waals surface area (Å²) >= 11 is 0. The topological polar surface area (TPSA) is 103 Å². The number of benzene rings is 1. The molecule has 2 aromatic rings. The van der Waals surface area contributed by atoms with Gasteiger partial charge in [-0.25, -0.2) is 4.98 Å². The van der Waals surface area contributed by atoms with Crippen LogP contribution in [-0.2, 0) is 4.79 Å². The van der Waals surface area contributed by atoms with Crippen molar-refractivity contribution < 1.29 is 14.3 Å². The Morgan fingerprint density at radius 3 is 2.67 bits per heavy atom. The predicted molar refractivity (Wildman–Crippen MR) is 156 cm³/mol. The normalized spacial score (nSPS) is 22.7. The van der Waals surface area contributed by atoms with Crippen molar-refractivity contribution in [2.24, 2.45) is 5.41 Å².